The van der Waals surface area contributed by atoms with E-state index in [0.29, 0.717) is 29.4 Å². The molecule has 0 unspecified atom stereocenters. The minimum absolute atomic E-state index is 0.0945. The molecule has 1 saturated heterocycles. The number of aromatic nitrogens is 2. The largest absolute Gasteiger partial charge is 0.491 e. The fourth-order valence-electron chi connectivity index (χ4n) is 3.54. The summed E-state index contributed by atoms with van der Waals surface area (Å²) in [6.45, 7) is 1.77. The number of nitrogens with zero attached hydrogens (tertiary/aromatic N) is 4. The summed E-state index contributed by atoms with van der Waals surface area (Å²) in [5.74, 6) is 1.42. The lowest BCUT2D eigenvalue weighted by molar-refractivity contribution is -0.118. The number of rotatable bonds is 5. The molecule has 2 aliphatic heterocycles. The lowest BCUT2D eigenvalue weighted by atomic mass is 10.1. The number of amides is 1. The van der Waals surface area contributed by atoms with E-state index < -0.39 is 24.4 Å². The zero-order valence-electron chi connectivity index (χ0n) is 16.8. The van der Waals surface area contributed by atoms with Crippen LogP contribution in [0.1, 0.15) is 12.5 Å². The number of nitrogens with two attached hydrogens (primary N) is 1. The van der Waals surface area contributed by atoms with E-state index in [-0.39, 0.29) is 30.5 Å². The molecular formula is C20H18F2N6O4. The van der Waals surface area contributed by atoms with Gasteiger partial charge in [-0.05, 0) is 13.0 Å². The molecule has 1 amide bonds. The number of fused-ring (bicyclic) bond motifs is 3. The molecule has 0 aliphatic carbocycles. The highest BCUT2D eigenvalue weighted by Gasteiger charge is 2.40. The Morgan fingerprint density at radius 3 is 2.84 bits per heavy atom. The number of ether oxygens (including phenoxy) is 2. The Morgan fingerprint density at radius 1 is 1.41 bits per heavy atom. The maximum atomic E-state index is 13.5. The average molecular weight is 444 g/mol. The summed E-state index contributed by atoms with van der Waals surface area (Å²) >= 11 is 0. The van der Waals surface area contributed by atoms with Gasteiger partial charge in [-0.3, -0.25) is 9.69 Å². The fourth-order valence-corrected chi connectivity index (χ4v) is 3.54. The number of anilines is 2. The van der Waals surface area contributed by atoms with Crippen molar-refractivity contribution < 1.29 is 27.8 Å². The number of primary amides is 1. The van der Waals surface area contributed by atoms with Crippen LogP contribution in [0.5, 0.6) is 5.75 Å². The predicted molar refractivity (Wildman–Crippen MR) is 108 cm³/mol. The molecule has 0 spiro atoms. The number of nitrogens with one attached hydrogen (secondary N) is 1. The third-order valence-electron chi connectivity index (χ3n) is 5.20. The van der Waals surface area contributed by atoms with E-state index in [9.17, 15) is 23.6 Å². The van der Waals surface area contributed by atoms with Gasteiger partial charge in [0.15, 0.2) is 11.8 Å². The molecule has 4 rings (SSSR count). The van der Waals surface area contributed by atoms with Gasteiger partial charge < -0.3 is 25.1 Å². The molecule has 3 heterocycles. The summed E-state index contributed by atoms with van der Waals surface area (Å²) in [6, 6.07) is 3.04. The summed E-state index contributed by atoms with van der Waals surface area (Å²) in [5.41, 5.74) is 6.31. The Balaban J connectivity index is 1.79. The van der Waals surface area contributed by atoms with E-state index in [0.717, 1.165) is 4.90 Å². The van der Waals surface area contributed by atoms with Crippen molar-refractivity contribution in [3.8, 4) is 23.2 Å². The van der Waals surface area contributed by atoms with E-state index in [2.05, 4.69) is 10.3 Å². The first-order chi connectivity index (χ1) is 15.3. The van der Waals surface area contributed by atoms with Gasteiger partial charge in [0, 0.05) is 12.3 Å². The Hall–Kier alpha value is -4.10. The van der Waals surface area contributed by atoms with Crippen LogP contribution in [-0.4, -0.2) is 53.1 Å². The van der Waals surface area contributed by atoms with E-state index in [1.807, 2.05) is 6.07 Å². The number of imidazole rings is 1. The van der Waals surface area contributed by atoms with Gasteiger partial charge in [-0.1, -0.05) is 0 Å². The van der Waals surface area contributed by atoms with Crippen molar-refractivity contribution in [2.45, 2.75) is 32.0 Å². The topological polar surface area (TPSA) is 136 Å². The molecule has 0 bridgehead atoms. The summed E-state index contributed by atoms with van der Waals surface area (Å²) in [5, 5.41) is 12.5. The van der Waals surface area contributed by atoms with Gasteiger partial charge in [0.05, 0.1) is 23.4 Å². The maximum absolute atomic E-state index is 13.5. The van der Waals surface area contributed by atoms with Crippen LogP contribution >= 0.6 is 0 Å². The standard InChI is InChI=1S/C20H18F2N6O4/c1-10(19(24)30)25-13-5-15-12(4-11(13)6-23)20-26-16(7-27(20)2-3-31-15)28-14(18(21)22)9-32-17(28)8-29/h4-5,7,10,14,18,25H,2-3,9H2,1H3,(H2,24,30)/t10-,14-/m0/s1. The highest BCUT2D eigenvalue weighted by molar-refractivity contribution is 5.84. The number of alkyl halides is 2. The van der Waals surface area contributed by atoms with Crippen LogP contribution in [0, 0.1) is 11.3 Å². The number of nitriles is 1. The average Bonchev–Trinajstić information content (AvgIpc) is 3.34. The fraction of sp³-hybridized carbons (Fsp3) is 0.350. The van der Waals surface area contributed by atoms with Gasteiger partial charge >= 0.3 is 0 Å². The molecule has 2 aliphatic rings. The molecule has 1 aromatic carbocycles. The first-order valence-electron chi connectivity index (χ1n) is 9.63. The Kier molecular flexibility index (Phi) is 5.42. The van der Waals surface area contributed by atoms with Crippen molar-refractivity contribution in [2.24, 2.45) is 5.73 Å². The monoisotopic (exact) mass is 444 g/mol. The van der Waals surface area contributed by atoms with Crippen LogP contribution in [0.4, 0.5) is 20.3 Å². The molecule has 10 nitrogen and oxygen atoms in total. The molecule has 12 heteroatoms. The van der Waals surface area contributed by atoms with Gasteiger partial charge in [0.1, 0.15) is 42.9 Å². The summed E-state index contributed by atoms with van der Waals surface area (Å²) in [6.07, 6.45) is -1.26. The molecule has 2 atom stereocenters. The van der Waals surface area contributed by atoms with Gasteiger partial charge in [-0.15, -0.1) is 0 Å². The van der Waals surface area contributed by atoms with E-state index >= 15 is 0 Å². The van der Waals surface area contributed by atoms with Crippen LogP contribution in [0.3, 0.4) is 0 Å². The highest BCUT2D eigenvalue weighted by atomic mass is 19.3. The zero-order chi connectivity index (χ0) is 23.0. The Bertz CT molecular complexity index is 1170. The molecule has 1 fully saturated rings. The number of benzene rings is 1. The van der Waals surface area contributed by atoms with Crippen LogP contribution in [0.2, 0.25) is 0 Å². The van der Waals surface area contributed by atoms with Crippen LogP contribution < -0.4 is 20.7 Å². The molecule has 166 valence electrons. The third-order valence-corrected chi connectivity index (χ3v) is 5.20. The number of hydrogen-bond donors (Lipinski definition) is 2. The second-order valence-electron chi connectivity index (χ2n) is 7.23. The lowest BCUT2D eigenvalue weighted by Crippen LogP contribution is -2.36. The van der Waals surface area contributed by atoms with Crippen molar-refractivity contribution in [1.82, 2.24) is 9.55 Å². The normalized spacial score (nSPS) is 17.9. The Morgan fingerprint density at radius 2 is 2.19 bits per heavy atom. The quantitative estimate of drug-likeness (QED) is 0.658. The first kappa shape index (κ1) is 21.1. The Labute approximate surface area is 180 Å². The molecule has 32 heavy (non-hydrogen) atoms. The number of carbonyl (C=O) groups excluding carboxylic acids is 2. The zero-order valence-corrected chi connectivity index (χ0v) is 16.8. The number of halogens is 2. The van der Waals surface area contributed by atoms with Gasteiger partial charge in [0.2, 0.25) is 5.91 Å². The number of hydrogen-bond acceptors (Lipinski definition) is 8. The maximum Gasteiger partial charge on any atom is 0.284 e. The molecule has 1 aromatic heterocycles. The van der Waals surface area contributed by atoms with Crippen LogP contribution in [0.25, 0.3) is 11.4 Å². The van der Waals surface area contributed by atoms with E-state index in [1.165, 1.54) is 18.2 Å². The smallest absolute Gasteiger partial charge is 0.284 e. The van der Waals surface area contributed by atoms with Crippen molar-refractivity contribution in [2.75, 3.05) is 23.4 Å². The number of carbonyl (C=O) groups is 1. The molecule has 0 radical (unpaired) electrons. The van der Waals surface area contributed by atoms with Crippen LogP contribution in [0.15, 0.2) is 24.2 Å². The van der Waals surface area contributed by atoms with Crippen molar-refractivity contribution in [3.05, 3.63) is 29.8 Å². The minimum atomic E-state index is -2.77. The second-order valence-corrected chi connectivity index (χ2v) is 7.23. The van der Waals surface area contributed by atoms with E-state index in [1.54, 1.807) is 17.6 Å². The second kappa shape index (κ2) is 8.20. The molecule has 2 aromatic rings. The molecular weight excluding hydrogens is 426 g/mol. The third kappa shape index (κ3) is 3.59. The first-order valence-corrected chi connectivity index (χ1v) is 9.63. The summed E-state index contributed by atoms with van der Waals surface area (Å²) < 4.78 is 39.5. The summed E-state index contributed by atoms with van der Waals surface area (Å²) in [4.78, 5) is 28.1. The van der Waals surface area contributed by atoms with Crippen LogP contribution in [-0.2, 0) is 20.9 Å². The lowest BCUT2D eigenvalue weighted by Gasteiger charge is -2.19. The van der Waals surface area contributed by atoms with Gasteiger partial charge in [0.25, 0.3) is 12.3 Å². The van der Waals surface area contributed by atoms with Crippen molar-refractivity contribution in [3.63, 3.8) is 0 Å². The highest BCUT2D eigenvalue weighted by Crippen LogP contribution is 2.39. The SMILES string of the molecule is C[C@H](Nc1cc2c(cc1C#N)-c1nc(N3C(=C=O)OC[C@H]3C(F)F)cn1CCO2)C(N)=O. The van der Waals surface area contributed by atoms with Gasteiger partial charge in [-0.25, -0.2) is 18.6 Å². The molecule has 3 N–H and O–H groups in total. The van der Waals surface area contributed by atoms with E-state index in [4.69, 9.17) is 15.2 Å². The van der Waals surface area contributed by atoms with Gasteiger partial charge in [-0.2, -0.15) is 5.26 Å². The predicted octanol–water partition coefficient (Wildman–Crippen LogP) is 1.24. The molecule has 0 saturated carbocycles. The minimum Gasteiger partial charge on any atom is -0.491 e. The summed E-state index contributed by atoms with van der Waals surface area (Å²) in [7, 11) is 0. The van der Waals surface area contributed by atoms with Crippen molar-refractivity contribution in [1.29, 1.82) is 5.26 Å². The van der Waals surface area contributed by atoms with Crippen molar-refractivity contribution >= 4 is 23.4 Å².